The first-order valence-electron chi connectivity index (χ1n) is 24.4. The molecule has 28 nitrogen and oxygen atoms in total. The van der Waals surface area contributed by atoms with Crippen LogP contribution in [0.25, 0.3) is 0 Å². The summed E-state index contributed by atoms with van der Waals surface area (Å²) in [5.74, 6) is -1.29. The lowest BCUT2D eigenvalue weighted by Gasteiger charge is -2.46. The van der Waals surface area contributed by atoms with Gasteiger partial charge in [0, 0.05) is 70.1 Å². The third kappa shape index (κ3) is 13.4. The summed E-state index contributed by atoms with van der Waals surface area (Å²) in [5, 5.41) is 17.4. The molecule has 0 saturated carbocycles. The Morgan fingerprint density at radius 2 is 1.39 bits per heavy atom. The minimum Gasteiger partial charge on any atom is -0.475 e. The number of carbonyl (C=O) groups is 4. The number of nitrogens with one attached hydrogen (secondary N) is 7. The number of nitrogens with zero attached hydrogens (tertiary/aromatic N) is 12. The third-order valence-electron chi connectivity index (χ3n) is 13.6. The van der Waals surface area contributed by atoms with Crippen molar-refractivity contribution in [2.24, 2.45) is 38.8 Å². The minimum absolute atomic E-state index is 0.00225. The molecule has 2 bridgehead atoms. The van der Waals surface area contributed by atoms with Gasteiger partial charge in [0.2, 0.25) is 11.9 Å². The number of amidine groups is 2. The molecule has 8 aliphatic heterocycles. The van der Waals surface area contributed by atoms with E-state index in [2.05, 4.69) is 57.9 Å². The lowest BCUT2D eigenvalue weighted by atomic mass is 9.94. The Balaban J connectivity index is 0.00000107. The van der Waals surface area contributed by atoms with Gasteiger partial charge in [0.15, 0.2) is 28.2 Å². The van der Waals surface area contributed by atoms with Crippen molar-refractivity contribution < 1.29 is 37.5 Å². The topological polar surface area (TPSA) is 363 Å². The predicted molar refractivity (Wildman–Crippen MR) is 264 cm³/mol. The highest BCUT2D eigenvalue weighted by Gasteiger charge is 2.43. The molecular formula is C41H66Cl2F3N23O5. The Bertz CT molecular complexity index is 2300. The molecule has 74 heavy (non-hydrogen) atoms. The van der Waals surface area contributed by atoms with Gasteiger partial charge in [-0.1, -0.05) is 36.0 Å². The van der Waals surface area contributed by atoms with Crippen LogP contribution in [0.5, 0.6) is 0 Å². The van der Waals surface area contributed by atoms with Crippen LogP contribution in [-0.4, -0.2) is 182 Å². The number of alkyl halides is 5. The molecule has 1 aromatic rings. The maximum Gasteiger partial charge on any atom is 0.490 e. The molecule has 3 amide bonds. The molecule has 9 rings (SSSR count). The second-order valence-electron chi connectivity index (χ2n) is 18.4. The molecule has 0 radical (unpaired) electrons. The molecule has 0 spiro atoms. The molecule has 0 aromatic carbocycles. The first-order chi connectivity index (χ1) is 35.4. The third-order valence-corrected chi connectivity index (χ3v) is 14.4. The normalized spacial score (nSPS) is 24.1. The van der Waals surface area contributed by atoms with Gasteiger partial charge < -0.3 is 48.1 Å². The van der Waals surface area contributed by atoms with Crippen molar-refractivity contribution in [3.05, 3.63) is 34.7 Å². The molecular weight excluding hydrogens is 1020 g/mol. The fourth-order valence-corrected chi connectivity index (χ4v) is 10.4. The van der Waals surface area contributed by atoms with Crippen molar-refractivity contribution in [2.75, 3.05) is 84.3 Å². The number of rotatable bonds is 11. The van der Waals surface area contributed by atoms with Crippen molar-refractivity contribution >= 4 is 64.5 Å². The Hall–Kier alpha value is -5.64. The van der Waals surface area contributed by atoms with Gasteiger partial charge in [-0.15, -0.1) is 0 Å². The number of carboxylic acid groups (broad SMARTS) is 1. The molecule has 33 heteroatoms. The van der Waals surface area contributed by atoms with Crippen molar-refractivity contribution in [3.8, 4) is 0 Å². The van der Waals surface area contributed by atoms with Gasteiger partial charge >= 0.3 is 12.1 Å². The van der Waals surface area contributed by atoms with Gasteiger partial charge in [0.1, 0.15) is 35.8 Å². The van der Waals surface area contributed by atoms with Gasteiger partial charge in [-0.2, -0.15) is 34.2 Å². The van der Waals surface area contributed by atoms with Crippen molar-refractivity contribution in [1.29, 1.82) is 0 Å². The lowest BCUT2D eigenvalue weighted by Crippen LogP contribution is -2.63. The molecule has 9 heterocycles. The molecule has 2 unspecified atom stereocenters. The second-order valence-corrected chi connectivity index (χ2v) is 19.2. The maximum atomic E-state index is 14.3. The number of likely N-dealkylation sites (tertiary alicyclic amines) is 1. The summed E-state index contributed by atoms with van der Waals surface area (Å²) in [6.07, 6.45) is 3.35. The van der Waals surface area contributed by atoms with Gasteiger partial charge in [-0.3, -0.25) is 29.4 Å². The second kappa shape index (κ2) is 25.3. The van der Waals surface area contributed by atoms with Crippen LogP contribution in [-0.2, 0) is 19.2 Å². The lowest BCUT2D eigenvalue weighted by molar-refractivity contribution is -0.192. The zero-order chi connectivity index (χ0) is 53.3. The first-order valence-corrected chi connectivity index (χ1v) is 25.3. The van der Waals surface area contributed by atoms with Crippen LogP contribution in [0.2, 0.25) is 0 Å². The highest BCUT2D eigenvalue weighted by molar-refractivity contribution is 6.32. The Labute approximate surface area is 434 Å². The van der Waals surface area contributed by atoms with Crippen LogP contribution in [0.15, 0.2) is 33.0 Å². The monoisotopic (exact) mass is 1090 g/mol. The number of fused-ring (bicyclic) bond motifs is 9. The number of hydrogen-bond acceptors (Lipinski definition) is 24. The van der Waals surface area contributed by atoms with E-state index in [-0.39, 0.29) is 78.4 Å². The highest BCUT2D eigenvalue weighted by atomic mass is 35.5. The summed E-state index contributed by atoms with van der Waals surface area (Å²) < 4.78 is 31.7. The summed E-state index contributed by atoms with van der Waals surface area (Å²) >= 11 is 13.9. The fourth-order valence-electron chi connectivity index (χ4n) is 9.74. The zero-order valence-corrected chi connectivity index (χ0v) is 42.4. The molecule has 16 N–H and O–H groups in total. The standard InChI is InChI=1S/C39H65Cl2N23O3.C2HF3O2/c1-46-56-49-21-60-22-50-57-48-20-47-36-29(41)64(27(38(60)67)31(43)52-36)62-18-10-24(11-19-62)35-53-34(23-8-16-61(17-9-23)63-26(33(45)65)30(42)51-32(44)28(63)40)54-39(55-35)59-14-6-25(7-15-59)37(66)58-12-4-2-3-5-13-58;3-2(4,5)1(6)7/h23-25,28-29,46,48-50,56-57H,2-22,42-43H2,1H3,(H2,44,51)(H2,45,65)(H,47,52);(H,6,7). The van der Waals surface area contributed by atoms with E-state index in [1.54, 1.807) is 17.1 Å². The molecule has 0 aliphatic carbocycles. The molecule has 410 valence electrons. The summed E-state index contributed by atoms with van der Waals surface area (Å²) in [5.41, 5.74) is 40.3. The van der Waals surface area contributed by atoms with Gasteiger partial charge in [-0.05, 0) is 58.4 Å². The van der Waals surface area contributed by atoms with E-state index in [1.807, 2.05) is 10.0 Å². The number of aliphatic carboxylic acids is 1. The van der Waals surface area contributed by atoms with Crippen molar-refractivity contribution in [2.45, 2.75) is 93.2 Å². The van der Waals surface area contributed by atoms with Crippen LogP contribution in [0.3, 0.4) is 0 Å². The summed E-state index contributed by atoms with van der Waals surface area (Å²) in [6, 6.07) is 0. The van der Waals surface area contributed by atoms with E-state index in [9.17, 15) is 27.6 Å². The van der Waals surface area contributed by atoms with Gasteiger partial charge in [0.25, 0.3) is 11.8 Å². The van der Waals surface area contributed by atoms with Crippen LogP contribution < -0.4 is 65.9 Å². The average molecular weight is 1090 g/mol. The number of anilines is 1. The Kier molecular flexibility index (Phi) is 19.2. The van der Waals surface area contributed by atoms with Crippen LogP contribution >= 0.6 is 23.2 Å². The Morgan fingerprint density at radius 3 is 1.95 bits per heavy atom. The summed E-state index contributed by atoms with van der Waals surface area (Å²) in [6.45, 7) is 5.32. The van der Waals surface area contributed by atoms with E-state index in [1.165, 1.54) is 17.7 Å². The number of halogens is 5. The van der Waals surface area contributed by atoms with E-state index in [0.717, 1.165) is 38.8 Å². The van der Waals surface area contributed by atoms with Crippen LogP contribution in [0.4, 0.5) is 19.1 Å². The number of aromatic nitrogens is 3. The SMILES string of the molecule is CNNNCN1CNNNCN=C2NC(N)=C(C1=O)N(N1CCC(c3nc(C4CCN(N5C(C(N)=O)=C(N)N=C(N)C5Cl)CC4)nc(N4CCC(C(=O)N5CCCCCC5)CC4)n3)CC1)C2Cl.O=C(O)C(F)(F)F. The van der Waals surface area contributed by atoms with E-state index >= 15 is 0 Å². The Morgan fingerprint density at radius 1 is 0.811 bits per heavy atom. The largest absolute Gasteiger partial charge is 0.490 e. The number of hydrogen-bond donors (Lipinski definition) is 12. The quantitative estimate of drug-likeness (QED) is 0.0480. The van der Waals surface area contributed by atoms with Crippen LogP contribution in [0.1, 0.15) is 87.7 Å². The number of primary amides is 1. The number of carboxylic acids is 1. The molecule has 2 atom stereocenters. The van der Waals surface area contributed by atoms with Crippen molar-refractivity contribution in [1.82, 2.24) is 82.9 Å². The highest BCUT2D eigenvalue weighted by Crippen LogP contribution is 2.36. The average Bonchev–Trinajstić information content (AvgIpc) is 3.68. The maximum absolute atomic E-state index is 14.3. The first kappa shape index (κ1) is 56.1. The van der Waals surface area contributed by atoms with Crippen LogP contribution in [0, 0.1) is 5.92 Å². The van der Waals surface area contributed by atoms with Gasteiger partial charge in [-0.25, -0.2) is 46.5 Å². The molecule has 8 aliphatic rings. The minimum atomic E-state index is -5.08. The van der Waals surface area contributed by atoms with Crippen molar-refractivity contribution in [3.63, 3.8) is 0 Å². The zero-order valence-electron chi connectivity index (χ0n) is 40.9. The summed E-state index contributed by atoms with van der Waals surface area (Å²) in [7, 11) is 1.70. The number of nitrogens with two attached hydrogens (primary N) is 4. The molecule has 4 saturated heterocycles. The molecule has 1 aromatic heterocycles. The van der Waals surface area contributed by atoms with E-state index in [0.29, 0.717) is 88.4 Å². The molecule has 4 fully saturated rings. The number of amides is 3. The van der Waals surface area contributed by atoms with E-state index < -0.39 is 29.1 Å². The number of piperidine rings is 3. The predicted octanol–water partition coefficient (Wildman–Crippen LogP) is -2.30. The summed E-state index contributed by atoms with van der Waals surface area (Å²) in [4.78, 5) is 79.4. The van der Waals surface area contributed by atoms with Gasteiger partial charge in [0.05, 0.1) is 13.3 Å². The number of carbonyl (C=O) groups excluding carboxylic acids is 3. The van der Waals surface area contributed by atoms with E-state index in [4.69, 9.17) is 71.0 Å². The number of aliphatic imine (C=N–C) groups is 2. The smallest absolute Gasteiger partial charge is 0.475 e. The number of hydrazine groups is 6. The fraction of sp³-hybridized carbons (Fsp3) is 0.683.